The molecule has 0 fully saturated rings. The summed E-state index contributed by atoms with van der Waals surface area (Å²) in [6, 6.07) is 7.83. The molecule has 0 bridgehead atoms. The average Bonchev–Trinajstić information content (AvgIpc) is 2.55. The fraction of sp³-hybridized carbons (Fsp3) is 0.588. The van der Waals surface area contributed by atoms with Crippen LogP contribution in [0.1, 0.15) is 38.3 Å². The summed E-state index contributed by atoms with van der Waals surface area (Å²) in [6.07, 6.45) is 1.87. The van der Waals surface area contributed by atoms with E-state index >= 15 is 0 Å². The van der Waals surface area contributed by atoms with Crippen molar-refractivity contribution in [3.8, 4) is 0 Å². The Morgan fingerprint density at radius 2 is 1.78 bits per heavy atom. The van der Waals surface area contributed by atoms with E-state index in [2.05, 4.69) is 0 Å². The second kappa shape index (κ2) is 6.61. The van der Waals surface area contributed by atoms with Gasteiger partial charge in [-0.2, -0.15) is 8.42 Å². The van der Waals surface area contributed by atoms with E-state index in [0.717, 1.165) is 17.4 Å². The zero-order valence-corrected chi connectivity index (χ0v) is 14.9. The van der Waals surface area contributed by atoms with Crippen molar-refractivity contribution < 1.29 is 22.1 Å². The van der Waals surface area contributed by atoms with Crippen LogP contribution in [0, 0.1) is 5.92 Å². The van der Waals surface area contributed by atoms with Crippen molar-refractivity contribution in [3.05, 3.63) is 35.4 Å². The molecule has 0 amide bonds. The molecule has 0 heterocycles. The molecule has 6 heteroatoms. The van der Waals surface area contributed by atoms with Gasteiger partial charge in [-0.25, -0.2) is 0 Å². The highest BCUT2D eigenvalue weighted by Gasteiger charge is 2.37. The van der Waals surface area contributed by atoms with E-state index in [1.807, 2.05) is 24.3 Å². The summed E-state index contributed by atoms with van der Waals surface area (Å²) in [5, 5.41) is 0. The monoisotopic (exact) mass is 340 g/mol. The Kier molecular flexibility index (Phi) is 5.16. The minimum atomic E-state index is -3.65. The Morgan fingerprint density at radius 1 is 1.17 bits per heavy atom. The molecule has 0 saturated heterocycles. The SMILES string of the molecule is CC(C)(C)OC(=O)[C@H]1Cc2ccccc2CC[C@@H]1OS(C)(=O)=O. The first-order valence-electron chi connectivity index (χ1n) is 7.73. The number of hydrogen-bond acceptors (Lipinski definition) is 5. The topological polar surface area (TPSA) is 69.7 Å². The van der Waals surface area contributed by atoms with Gasteiger partial charge < -0.3 is 4.74 Å². The highest BCUT2D eigenvalue weighted by atomic mass is 32.2. The van der Waals surface area contributed by atoms with Gasteiger partial charge in [-0.05, 0) is 51.2 Å². The van der Waals surface area contributed by atoms with E-state index in [4.69, 9.17) is 8.92 Å². The maximum Gasteiger partial charge on any atom is 0.312 e. The van der Waals surface area contributed by atoms with Crippen LogP contribution in [0.15, 0.2) is 24.3 Å². The third kappa shape index (κ3) is 5.32. The molecular formula is C17H24O5S. The van der Waals surface area contributed by atoms with Crippen LogP contribution in [-0.4, -0.2) is 32.3 Å². The van der Waals surface area contributed by atoms with Gasteiger partial charge in [-0.1, -0.05) is 24.3 Å². The van der Waals surface area contributed by atoms with Crippen LogP contribution in [0.4, 0.5) is 0 Å². The molecule has 128 valence electrons. The largest absolute Gasteiger partial charge is 0.460 e. The molecule has 0 radical (unpaired) electrons. The summed E-state index contributed by atoms with van der Waals surface area (Å²) < 4.78 is 33.8. The fourth-order valence-corrected chi connectivity index (χ4v) is 3.50. The summed E-state index contributed by atoms with van der Waals surface area (Å²) >= 11 is 0. The third-order valence-corrected chi connectivity index (χ3v) is 4.31. The molecule has 1 aliphatic rings. The van der Waals surface area contributed by atoms with Crippen LogP contribution in [0.3, 0.4) is 0 Å². The Hall–Kier alpha value is -1.40. The van der Waals surface area contributed by atoms with Gasteiger partial charge >= 0.3 is 5.97 Å². The maximum absolute atomic E-state index is 12.6. The van der Waals surface area contributed by atoms with Crippen LogP contribution < -0.4 is 0 Å². The van der Waals surface area contributed by atoms with Gasteiger partial charge in [0.15, 0.2) is 0 Å². The van der Waals surface area contributed by atoms with Gasteiger partial charge in [0.05, 0.1) is 18.3 Å². The standard InChI is InChI=1S/C17H24O5S/c1-17(2,3)21-16(18)14-11-13-8-6-5-7-12(13)9-10-15(14)22-23(4,19)20/h5-8,14-15H,9-11H2,1-4H3/t14-,15-/m0/s1. The number of fused-ring (bicyclic) bond motifs is 1. The van der Waals surface area contributed by atoms with Crippen molar-refractivity contribution in [1.29, 1.82) is 0 Å². The lowest BCUT2D eigenvalue weighted by atomic mass is 9.94. The lowest BCUT2D eigenvalue weighted by molar-refractivity contribution is -0.163. The molecule has 2 atom stereocenters. The summed E-state index contributed by atoms with van der Waals surface area (Å²) in [5.41, 5.74) is 1.54. The Morgan fingerprint density at radius 3 is 2.35 bits per heavy atom. The van der Waals surface area contributed by atoms with Crippen molar-refractivity contribution in [2.75, 3.05) is 6.26 Å². The lowest BCUT2D eigenvalue weighted by Crippen LogP contribution is -2.38. The number of hydrogen-bond donors (Lipinski definition) is 0. The molecule has 1 aromatic rings. The van der Waals surface area contributed by atoms with Crippen molar-refractivity contribution in [2.45, 2.75) is 51.7 Å². The highest BCUT2D eigenvalue weighted by molar-refractivity contribution is 7.86. The van der Waals surface area contributed by atoms with E-state index in [9.17, 15) is 13.2 Å². The number of ether oxygens (including phenoxy) is 1. The lowest BCUT2D eigenvalue weighted by Gasteiger charge is -2.27. The van der Waals surface area contributed by atoms with Gasteiger partial charge in [-0.3, -0.25) is 8.98 Å². The second-order valence-corrected chi connectivity index (χ2v) is 8.59. The Labute approximate surface area is 138 Å². The van der Waals surface area contributed by atoms with Crippen LogP contribution in [0.5, 0.6) is 0 Å². The van der Waals surface area contributed by atoms with Crippen LogP contribution >= 0.6 is 0 Å². The van der Waals surface area contributed by atoms with E-state index < -0.39 is 33.7 Å². The number of carbonyl (C=O) groups is 1. The van der Waals surface area contributed by atoms with Gasteiger partial charge in [0.2, 0.25) is 0 Å². The summed E-state index contributed by atoms with van der Waals surface area (Å²) in [5.74, 6) is -1.05. The molecule has 0 saturated carbocycles. The van der Waals surface area contributed by atoms with E-state index in [1.165, 1.54) is 0 Å². The number of benzene rings is 1. The van der Waals surface area contributed by atoms with Gasteiger partial charge in [0.1, 0.15) is 5.60 Å². The minimum absolute atomic E-state index is 0.414. The van der Waals surface area contributed by atoms with Crippen molar-refractivity contribution in [2.24, 2.45) is 5.92 Å². The Bertz CT molecular complexity index is 672. The molecule has 0 N–H and O–H groups in total. The van der Waals surface area contributed by atoms with Crippen LogP contribution in [0.2, 0.25) is 0 Å². The normalized spacial score (nSPS) is 22.1. The van der Waals surface area contributed by atoms with Crippen molar-refractivity contribution in [1.82, 2.24) is 0 Å². The predicted octanol–water partition coefficient (Wildman–Crippen LogP) is 2.48. The molecule has 0 aromatic heterocycles. The number of esters is 1. The minimum Gasteiger partial charge on any atom is -0.460 e. The first-order chi connectivity index (χ1) is 10.6. The molecule has 5 nitrogen and oxygen atoms in total. The zero-order valence-electron chi connectivity index (χ0n) is 14.0. The molecule has 0 spiro atoms. The summed E-state index contributed by atoms with van der Waals surface area (Å²) in [6.45, 7) is 5.38. The number of rotatable bonds is 3. The quantitative estimate of drug-likeness (QED) is 0.480. The second-order valence-electron chi connectivity index (χ2n) is 6.99. The first kappa shape index (κ1) is 17.9. The smallest absolute Gasteiger partial charge is 0.312 e. The molecule has 1 aliphatic carbocycles. The first-order valence-corrected chi connectivity index (χ1v) is 9.55. The van der Waals surface area contributed by atoms with Gasteiger partial charge in [-0.15, -0.1) is 0 Å². The number of aryl methyl sites for hydroxylation is 1. The maximum atomic E-state index is 12.6. The summed E-state index contributed by atoms with van der Waals surface area (Å²) in [7, 11) is -3.65. The van der Waals surface area contributed by atoms with Gasteiger partial charge in [0, 0.05) is 0 Å². The molecule has 2 rings (SSSR count). The van der Waals surface area contributed by atoms with Crippen molar-refractivity contribution in [3.63, 3.8) is 0 Å². The van der Waals surface area contributed by atoms with E-state index in [0.29, 0.717) is 19.3 Å². The predicted molar refractivity (Wildman–Crippen MR) is 87.5 cm³/mol. The third-order valence-electron chi connectivity index (χ3n) is 3.71. The van der Waals surface area contributed by atoms with Crippen LogP contribution in [-0.2, 0) is 36.7 Å². The molecule has 23 heavy (non-hydrogen) atoms. The molecule has 0 unspecified atom stereocenters. The molecular weight excluding hydrogens is 316 g/mol. The summed E-state index contributed by atoms with van der Waals surface area (Å²) in [4.78, 5) is 12.6. The van der Waals surface area contributed by atoms with Gasteiger partial charge in [0.25, 0.3) is 10.1 Å². The zero-order chi connectivity index (χ0) is 17.3. The van der Waals surface area contributed by atoms with E-state index in [1.54, 1.807) is 20.8 Å². The van der Waals surface area contributed by atoms with Crippen LogP contribution in [0.25, 0.3) is 0 Å². The van der Waals surface area contributed by atoms with Crippen molar-refractivity contribution >= 4 is 16.1 Å². The highest BCUT2D eigenvalue weighted by Crippen LogP contribution is 2.29. The van der Waals surface area contributed by atoms with E-state index in [-0.39, 0.29) is 0 Å². The Balaban J connectivity index is 2.31. The fourth-order valence-electron chi connectivity index (χ4n) is 2.82. The number of carbonyl (C=O) groups excluding carboxylic acids is 1. The molecule has 1 aromatic carbocycles. The molecule has 0 aliphatic heterocycles. The average molecular weight is 340 g/mol.